The van der Waals surface area contributed by atoms with Gasteiger partial charge in [-0.15, -0.1) is 0 Å². The molecule has 2 atom stereocenters. The van der Waals surface area contributed by atoms with E-state index >= 15 is 0 Å². The Morgan fingerprint density at radius 2 is 2.33 bits per heavy atom. The van der Waals surface area contributed by atoms with Gasteiger partial charge >= 0.3 is 5.97 Å². The lowest BCUT2D eigenvalue weighted by molar-refractivity contribution is -0.148. The third kappa shape index (κ3) is 3.18. The minimum Gasteiger partial charge on any atom is -0.468 e. The molecule has 2 unspecified atom stereocenters. The van der Waals surface area contributed by atoms with Crippen molar-refractivity contribution in [3.8, 4) is 0 Å². The number of piperidine rings is 1. The van der Waals surface area contributed by atoms with Crippen molar-refractivity contribution in [1.82, 2.24) is 4.90 Å². The van der Waals surface area contributed by atoms with Crippen LogP contribution in [0.3, 0.4) is 0 Å². The molecule has 0 spiro atoms. The number of esters is 1. The normalized spacial score (nSPS) is 24.9. The van der Waals surface area contributed by atoms with Gasteiger partial charge in [-0.1, -0.05) is 6.42 Å². The summed E-state index contributed by atoms with van der Waals surface area (Å²) in [6, 6.07) is 0.143. The van der Waals surface area contributed by atoms with Crippen LogP contribution in [0.4, 0.5) is 0 Å². The van der Waals surface area contributed by atoms with Gasteiger partial charge in [0.25, 0.3) is 0 Å². The lowest BCUT2D eigenvalue weighted by Crippen LogP contribution is -2.49. The molecule has 4 heteroatoms. The second kappa shape index (κ2) is 6.08. The van der Waals surface area contributed by atoms with Crippen LogP contribution in [-0.2, 0) is 9.53 Å². The number of carbonyl (C=O) groups is 1. The van der Waals surface area contributed by atoms with Crippen LogP contribution in [0.5, 0.6) is 0 Å². The number of likely N-dealkylation sites (tertiary alicyclic amines) is 1. The van der Waals surface area contributed by atoms with Crippen molar-refractivity contribution < 1.29 is 14.6 Å². The lowest BCUT2D eigenvalue weighted by atomic mass is 9.98. The Morgan fingerprint density at radius 3 is 2.93 bits per heavy atom. The first-order valence-electron chi connectivity index (χ1n) is 5.65. The second-order valence-corrected chi connectivity index (χ2v) is 4.10. The van der Waals surface area contributed by atoms with Gasteiger partial charge in [0.05, 0.1) is 7.11 Å². The van der Waals surface area contributed by atoms with Crippen molar-refractivity contribution in [2.45, 2.75) is 44.7 Å². The van der Waals surface area contributed by atoms with Crippen LogP contribution in [0.25, 0.3) is 0 Å². The average Bonchev–Trinajstić information content (AvgIpc) is 2.28. The first kappa shape index (κ1) is 12.5. The SMILES string of the molecule is COC(=O)C(C)N1CCCCC1CCO. The van der Waals surface area contributed by atoms with Gasteiger partial charge in [0.1, 0.15) is 6.04 Å². The zero-order valence-electron chi connectivity index (χ0n) is 9.61. The summed E-state index contributed by atoms with van der Waals surface area (Å²) in [5.41, 5.74) is 0. The van der Waals surface area contributed by atoms with E-state index in [2.05, 4.69) is 4.90 Å². The van der Waals surface area contributed by atoms with Crippen LogP contribution in [0.15, 0.2) is 0 Å². The molecular weight excluding hydrogens is 194 g/mol. The van der Waals surface area contributed by atoms with Crippen molar-refractivity contribution in [1.29, 1.82) is 0 Å². The molecular formula is C11H21NO3. The number of hydrogen-bond acceptors (Lipinski definition) is 4. The Bertz CT molecular complexity index is 206. The van der Waals surface area contributed by atoms with Gasteiger partial charge in [0.2, 0.25) is 0 Å². The third-order valence-corrected chi connectivity index (χ3v) is 3.17. The Morgan fingerprint density at radius 1 is 1.60 bits per heavy atom. The average molecular weight is 215 g/mol. The van der Waals surface area contributed by atoms with Crippen LogP contribution in [0, 0.1) is 0 Å². The molecule has 15 heavy (non-hydrogen) atoms. The number of rotatable bonds is 4. The maximum Gasteiger partial charge on any atom is 0.322 e. The van der Waals surface area contributed by atoms with Gasteiger partial charge in [0, 0.05) is 12.6 Å². The van der Waals surface area contributed by atoms with Crippen LogP contribution < -0.4 is 0 Å². The number of aliphatic hydroxyl groups excluding tert-OH is 1. The van der Waals surface area contributed by atoms with E-state index in [4.69, 9.17) is 9.84 Å². The van der Waals surface area contributed by atoms with Crippen LogP contribution >= 0.6 is 0 Å². The predicted molar refractivity (Wildman–Crippen MR) is 57.5 cm³/mol. The van der Waals surface area contributed by atoms with Crippen molar-refractivity contribution >= 4 is 5.97 Å². The summed E-state index contributed by atoms with van der Waals surface area (Å²) in [6.45, 7) is 3.00. The molecule has 88 valence electrons. The Hall–Kier alpha value is -0.610. The van der Waals surface area contributed by atoms with E-state index in [1.165, 1.54) is 13.5 Å². The molecule has 4 nitrogen and oxygen atoms in total. The third-order valence-electron chi connectivity index (χ3n) is 3.17. The molecule has 1 aliphatic rings. The molecule has 0 aromatic rings. The number of ether oxygens (including phenoxy) is 1. The highest BCUT2D eigenvalue weighted by Crippen LogP contribution is 2.22. The van der Waals surface area contributed by atoms with Gasteiger partial charge < -0.3 is 9.84 Å². The first-order valence-corrected chi connectivity index (χ1v) is 5.65. The summed E-state index contributed by atoms with van der Waals surface area (Å²) in [5.74, 6) is -0.181. The zero-order valence-corrected chi connectivity index (χ0v) is 9.61. The van der Waals surface area contributed by atoms with Gasteiger partial charge in [-0.2, -0.15) is 0 Å². The number of carbonyl (C=O) groups excluding carboxylic acids is 1. The summed E-state index contributed by atoms with van der Waals surface area (Å²) >= 11 is 0. The summed E-state index contributed by atoms with van der Waals surface area (Å²) < 4.78 is 4.75. The fourth-order valence-corrected chi connectivity index (χ4v) is 2.30. The van der Waals surface area contributed by atoms with Crippen molar-refractivity contribution in [2.24, 2.45) is 0 Å². The van der Waals surface area contributed by atoms with E-state index < -0.39 is 0 Å². The fourth-order valence-electron chi connectivity index (χ4n) is 2.30. The molecule has 1 N–H and O–H groups in total. The molecule has 1 saturated heterocycles. The summed E-state index contributed by atoms with van der Waals surface area (Å²) in [4.78, 5) is 13.6. The molecule has 0 aromatic heterocycles. The van der Waals surface area contributed by atoms with Crippen molar-refractivity contribution in [2.75, 3.05) is 20.3 Å². The topological polar surface area (TPSA) is 49.8 Å². The molecule has 0 radical (unpaired) electrons. The molecule has 1 fully saturated rings. The van der Waals surface area contributed by atoms with Gasteiger partial charge in [-0.25, -0.2) is 0 Å². The number of methoxy groups -OCH3 is 1. The summed E-state index contributed by atoms with van der Waals surface area (Å²) in [5, 5.41) is 8.97. The maximum atomic E-state index is 11.4. The highest BCUT2D eigenvalue weighted by Gasteiger charge is 2.30. The van der Waals surface area contributed by atoms with Gasteiger partial charge in [0.15, 0.2) is 0 Å². The second-order valence-electron chi connectivity index (χ2n) is 4.10. The van der Waals surface area contributed by atoms with E-state index in [0.29, 0.717) is 6.04 Å². The molecule has 0 bridgehead atoms. The Labute approximate surface area is 91.2 Å². The van der Waals surface area contributed by atoms with Crippen LogP contribution in [0.2, 0.25) is 0 Å². The standard InChI is InChI=1S/C11H21NO3/c1-9(11(14)15-2)12-7-4-3-5-10(12)6-8-13/h9-10,13H,3-8H2,1-2H3. The maximum absolute atomic E-state index is 11.4. The van der Waals surface area contributed by atoms with E-state index in [0.717, 1.165) is 25.8 Å². The minimum atomic E-state index is -0.188. The fraction of sp³-hybridized carbons (Fsp3) is 0.909. The Kier molecular flexibility index (Phi) is 5.05. The van der Waals surface area contributed by atoms with E-state index in [1.807, 2.05) is 6.92 Å². The van der Waals surface area contributed by atoms with E-state index in [-0.39, 0.29) is 18.6 Å². The lowest BCUT2D eigenvalue weighted by Gasteiger charge is -2.38. The molecule has 0 aliphatic carbocycles. The first-order chi connectivity index (χ1) is 7.20. The van der Waals surface area contributed by atoms with Gasteiger partial charge in [-0.05, 0) is 32.7 Å². The largest absolute Gasteiger partial charge is 0.468 e. The monoisotopic (exact) mass is 215 g/mol. The van der Waals surface area contributed by atoms with E-state index in [1.54, 1.807) is 0 Å². The van der Waals surface area contributed by atoms with Crippen molar-refractivity contribution in [3.05, 3.63) is 0 Å². The molecule has 0 amide bonds. The highest BCUT2D eigenvalue weighted by molar-refractivity contribution is 5.75. The molecule has 1 aliphatic heterocycles. The van der Waals surface area contributed by atoms with Crippen LogP contribution in [-0.4, -0.2) is 48.3 Å². The molecule has 0 saturated carbocycles. The predicted octanol–water partition coefficient (Wildman–Crippen LogP) is 0.785. The smallest absolute Gasteiger partial charge is 0.322 e. The molecule has 1 heterocycles. The molecule has 0 aromatic carbocycles. The molecule has 1 rings (SSSR count). The highest BCUT2D eigenvalue weighted by atomic mass is 16.5. The van der Waals surface area contributed by atoms with E-state index in [9.17, 15) is 4.79 Å². The van der Waals surface area contributed by atoms with Crippen LogP contribution in [0.1, 0.15) is 32.6 Å². The summed E-state index contributed by atoms with van der Waals surface area (Å²) in [6.07, 6.45) is 4.14. The quantitative estimate of drug-likeness (QED) is 0.704. The Balaban J connectivity index is 2.58. The number of aliphatic hydroxyl groups is 1. The number of nitrogens with zero attached hydrogens (tertiary/aromatic N) is 1. The van der Waals surface area contributed by atoms with Crippen molar-refractivity contribution in [3.63, 3.8) is 0 Å². The number of hydrogen-bond donors (Lipinski definition) is 1. The summed E-state index contributed by atoms with van der Waals surface area (Å²) in [7, 11) is 1.42. The zero-order chi connectivity index (χ0) is 11.3. The van der Waals surface area contributed by atoms with Gasteiger partial charge in [-0.3, -0.25) is 9.69 Å². The minimum absolute atomic E-state index is 0.181.